The maximum atomic E-state index is 12.6. The zero-order chi connectivity index (χ0) is 13.7. The van der Waals surface area contributed by atoms with Gasteiger partial charge >= 0.3 is 0 Å². The lowest BCUT2D eigenvalue weighted by Crippen LogP contribution is -2.23. The summed E-state index contributed by atoms with van der Waals surface area (Å²) in [5.41, 5.74) is 7.66. The first-order valence-electron chi connectivity index (χ1n) is 7.58. The topological polar surface area (TPSA) is 43.1 Å². The predicted molar refractivity (Wildman–Crippen MR) is 79.3 cm³/mol. The smallest absolute Gasteiger partial charge is 0.166 e. The van der Waals surface area contributed by atoms with Crippen LogP contribution >= 0.6 is 0 Å². The van der Waals surface area contributed by atoms with Gasteiger partial charge in [0.2, 0.25) is 0 Å². The van der Waals surface area contributed by atoms with Gasteiger partial charge < -0.3 is 5.73 Å². The van der Waals surface area contributed by atoms with Crippen LogP contribution in [0, 0.1) is 11.8 Å². The maximum Gasteiger partial charge on any atom is 0.166 e. The molecule has 1 fully saturated rings. The monoisotopic (exact) mass is 259 g/mol. The Labute approximate surface area is 116 Å². The number of ketones is 1. The highest BCUT2D eigenvalue weighted by atomic mass is 16.1. The lowest BCUT2D eigenvalue weighted by Gasteiger charge is -2.27. The Morgan fingerprint density at radius 1 is 1.21 bits per heavy atom. The van der Waals surface area contributed by atoms with Gasteiger partial charge in [-0.3, -0.25) is 4.79 Å². The molecule has 2 N–H and O–H groups in total. The molecule has 0 heterocycles. The Bertz CT molecular complexity index is 419. The van der Waals surface area contributed by atoms with Crippen LogP contribution < -0.4 is 5.73 Å². The van der Waals surface area contributed by atoms with Crippen molar-refractivity contribution in [2.75, 3.05) is 6.54 Å². The lowest BCUT2D eigenvalue weighted by molar-refractivity contribution is 0.0870. The van der Waals surface area contributed by atoms with Gasteiger partial charge in [0.25, 0.3) is 0 Å². The van der Waals surface area contributed by atoms with Crippen LogP contribution in [-0.2, 0) is 6.42 Å². The van der Waals surface area contributed by atoms with Crippen molar-refractivity contribution < 1.29 is 4.79 Å². The molecule has 1 aromatic carbocycles. The molecule has 0 saturated heterocycles. The SMILES string of the molecule is CCC1CCC(C(=O)c2ccccc2CCN)CC1. The van der Waals surface area contributed by atoms with Crippen molar-refractivity contribution in [3.63, 3.8) is 0 Å². The number of nitrogens with two attached hydrogens (primary N) is 1. The quantitative estimate of drug-likeness (QED) is 0.821. The van der Waals surface area contributed by atoms with Gasteiger partial charge in [-0.1, -0.05) is 37.6 Å². The minimum Gasteiger partial charge on any atom is -0.330 e. The summed E-state index contributed by atoms with van der Waals surface area (Å²) in [7, 11) is 0. The number of benzene rings is 1. The van der Waals surface area contributed by atoms with E-state index in [0.29, 0.717) is 12.3 Å². The molecule has 0 radical (unpaired) electrons. The largest absolute Gasteiger partial charge is 0.330 e. The molecule has 0 spiro atoms. The Kier molecular flexibility index (Phi) is 5.15. The number of carbonyl (C=O) groups is 1. The molecule has 2 rings (SSSR count). The zero-order valence-electron chi connectivity index (χ0n) is 11.9. The van der Waals surface area contributed by atoms with Gasteiger partial charge in [-0.2, -0.15) is 0 Å². The molecule has 2 heteroatoms. The standard InChI is InChI=1S/C17H25NO/c1-2-13-7-9-15(10-8-13)17(19)16-6-4-3-5-14(16)11-12-18/h3-6,13,15H,2,7-12,18H2,1H3. The first-order chi connectivity index (χ1) is 9.26. The molecule has 0 aliphatic heterocycles. The molecule has 0 atom stereocenters. The first-order valence-corrected chi connectivity index (χ1v) is 7.58. The third kappa shape index (κ3) is 3.44. The fourth-order valence-corrected chi connectivity index (χ4v) is 3.19. The molecular formula is C17H25NO. The van der Waals surface area contributed by atoms with E-state index < -0.39 is 0 Å². The molecule has 0 bridgehead atoms. The van der Waals surface area contributed by atoms with Crippen molar-refractivity contribution in [3.8, 4) is 0 Å². The molecular weight excluding hydrogens is 234 g/mol. The van der Waals surface area contributed by atoms with E-state index in [9.17, 15) is 4.79 Å². The van der Waals surface area contributed by atoms with Crippen molar-refractivity contribution in [3.05, 3.63) is 35.4 Å². The average Bonchev–Trinajstić information content (AvgIpc) is 2.47. The van der Waals surface area contributed by atoms with E-state index in [0.717, 1.165) is 36.3 Å². The van der Waals surface area contributed by atoms with Crippen molar-refractivity contribution in [2.24, 2.45) is 17.6 Å². The number of Topliss-reactive ketones (excluding diaryl/α,β-unsaturated/α-hetero) is 1. The Morgan fingerprint density at radius 3 is 2.53 bits per heavy atom. The number of hydrogen-bond acceptors (Lipinski definition) is 2. The highest BCUT2D eigenvalue weighted by molar-refractivity contribution is 5.99. The maximum absolute atomic E-state index is 12.6. The van der Waals surface area contributed by atoms with Gasteiger partial charge in [0.1, 0.15) is 0 Å². The number of rotatable bonds is 5. The second kappa shape index (κ2) is 6.85. The molecule has 0 aromatic heterocycles. The van der Waals surface area contributed by atoms with Gasteiger partial charge in [-0.25, -0.2) is 0 Å². The summed E-state index contributed by atoms with van der Waals surface area (Å²) in [4.78, 5) is 12.6. The van der Waals surface area contributed by atoms with E-state index in [1.54, 1.807) is 0 Å². The Hall–Kier alpha value is -1.15. The molecule has 1 aromatic rings. The number of carbonyl (C=O) groups excluding carboxylic acids is 1. The van der Waals surface area contributed by atoms with E-state index in [2.05, 4.69) is 6.92 Å². The summed E-state index contributed by atoms with van der Waals surface area (Å²) < 4.78 is 0. The van der Waals surface area contributed by atoms with E-state index in [1.807, 2.05) is 24.3 Å². The highest BCUT2D eigenvalue weighted by Crippen LogP contribution is 2.33. The van der Waals surface area contributed by atoms with Crippen molar-refractivity contribution in [2.45, 2.75) is 45.4 Å². The van der Waals surface area contributed by atoms with Crippen LogP contribution in [0.5, 0.6) is 0 Å². The summed E-state index contributed by atoms with van der Waals surface area (Å²) in [6, 6.07) is 7.97. The molecule has 2 nitrogen and oxygen atoms in total. The minimum absolute atomic E-state index is 0.238. The van der Waals surface area contributed by atoms with E-state index in [4.69, 9.17) is 5.73 Å². The minimum atomic E-state index is 0.238. The van der Waals surface area contributed by atoms with Gasteiger partial charge in [0.05, 0.1) is 0 Å². The zero-order valence-corrected chi connectivity index (χ0v) is 11.9. The fraction of sp³-hybridized carbons (Fsp3) is 0.588. The fourth-order valence-electron chi connectivity index (χ4n) is 3.19. The molecule has 1 aliphatic rings. The predicted octanol–water partition coefficient (Wildman–Crippen LogP) is 3.59. The summed E-state index contributed by atoms with van der Waals surface area (Å²) in [5, 5.41) is 0. The first kappa shape index (κ1) is 14.3. The molecule has 104 valence electrons. The molecule has 0 amide bonds. The summed E-state index contributed by atoms with van der Waals surface area (Å²) in [5.74, 6) is 1.42. The van der Waals surface area contributed by atoms with Crippen LogP contribution in [0.2, 0.25) is 0 Å². The summed E-state index contributed by atoms with van der Waals surface area (Å²) >= 11 is 0. The summed E-state index contributed by atoms with van der Waals surface area (Å²) in [6.45, 7) is 2.86. The van der Waals surface area contributed by atoms with Crippen LogP contribution in [0.3, 0.4) is 0 Å². The summed E-state index contributed by atoms with van der Waals surface area (Å²) in [6.07, 6.45) is 6.61. The van der Waals surface area contributed by atoms with E-state index in [1.165, 1.54) is 19.3 Å². The second-order valence-electron chi connectivity index (χ2n) is 5.69. The molecule has 19 heavy (non-hydrogen) atoms. The van der Waals surface area contributed by atoms with Crippen molar-refractivity contribution >= 4 is 5.78 Å². The van der Waals surface area contributed by atoms with Gasteiger partial charge in [0.15, 0.2) is 5.78 Å². The highest BCUT2D eigenvalue weighted by Gasteiger charge is 2.27. The van der Waals surface area contributed by atoms with E-state index >= 15 is 0 Å². The Balaban J connectivity index is 2.07. The Morgan fingerprint density at radius 2 is 1.89 bits per heavy atom. The van der Waals surface area contributed by atoms with Gasteiger partial charge in [-0.05, 0) is 50.1 Å². The second-order valence-corrected chi connectivity index (χ2v) is 5.69. The van der Waals surface area contributed by atoms with Gasteiger partial charge in [-0.15, -0.1) is 0 Å². The lowest BCUT2D eigenvalue weighted by atomic mass is 9.77. The normalized spacial score (nSPS) is 23.3. The average molecular weight is 259 g/mol. The molecule has 1 saturated carbocycles. The van der Waals surface area contributed by atoms with Gasteiger partial charge in [0, 0.05) is 11.5 Å². The molecule has 1 aliphatic carbocycles. The third-order valence-electron chi connectivity index (χ3n) is 4.49. The van der Waals surface area contributed by atoms with Crippen LogP contribution in [0.4, 0.5) is 0 Å². The van der Waals surface area contributed by atoms with Crippen LogP contribution in [-0.4, -0.2) is 12.3 Å². The number of hydrogen-bond donors (Lipinski definition) is 1. The van der Waals surface area contributed by atoms with Crippen LogP contribution in [0.1, 0.15) is 54.9 Å². The van der Waals surface area contributed by atoms with Crippen molar-refractivity contribution in [1.82, 2.24) is 0 Å². The van der Waals surface area contributed by atoms with Crippen LogP contribution in [0.15, 0.2) is 24.3 Å². The van der Waals surface area contributed by atoms with Crippen LogP contribution in [0.25, 0.3) is 0 Å². The van der Waals surface area contributed by atoms with Crippen molar-refractivity contribution in [1.29, 1.82) is 0 Å². The molecule has 0 unspecified atom stereocenters. The van der Waals surface area contributed by atoms with E-state index in [-0.39, 0.29) is 5.92 Å². The third-order valence-corrected chi connectivity index (χ3v) is 4.49.